The zero-order valence-corrected chi connectivity index (χ0v) is 17.0. The summed E-state index contributed by atoms with van der Waals surface area (Å²) in [7, 11) is 0. The third-order valence-corrected chi connectivity index (χ3v) is 6.90. The molecular formula is C19H25N3OS2. The van der Waals surface area contributed by atoms with Crippen LogP contribution in [0.25, 0.3) is 10.2 Å². The minimum Gasteiger partial charge on any atom is -0.287 e. The van der Waals surface area contributed by atoms with Crippen LogP contribution in [0.3, 0.4) is 0 Å². The summed E-state index contributed by atoms with van der Waals surface area (Å²) in [6, 6.07) is 2.24. The van der Waals surface area contributed by atoms with Crippen LogP contribution in [-0.4, -0.2) is 14.8 Å². The lowest BCUT2D eigenvalue weighted by Crippen LogP contribution is -2.25. The van der Waals surface area contributed by atoms with E-state index in [0.29, 0.717) is 23.5 Å². The van der Waals surface area contributed by atoms with E-state index < -0.39 is 0 Å². The van der Waals surface area contributed by atoms with E-state index in [4.69, 9.17) is 10.2 Å². The first-order valence-corrected chi connectivity index (χ1v) is 10.7. The van der Waals surface area contributed by atoms with Crippen LogP contribution >= 0.6 is 23.1 Å². The van der Waals surface area contributed by atoms with E-state index in [0.717, 1.165) is 35.9 Å². The Bertz CT molecular complexity index is 875. The molecule has 2 atom stereocenters. The highest BCUT2D eigenvalue weighted by Gasteiger charge is 2.25. The second-order valence-corrected chi connectivity index (χ2v) is 9.85. The van der Waals surface area contributed by atoms with Gasteiger partial charge in [-0.2, -0.15) is 5.26 Å². The van der Waals surface area contributed by atoms with Gasteiger partial charge >= 0.3 is 0 Å². The zero-order valence-electron chi connectivity index (χ0n) is 15.3. The molecule has 0 amide bonds. The lowest BCUT2D eigenvalue weighted by Gasteiger charge is -2.18. The second kappa shape index (κ2) is 7.51. The molecule has 0 fully saturated rings. The van der Waals surface area contributed by atoms with Crippen LogP contribution in [-0.2, 0) is 19.4 Å². The van der Waals surface area contributed by atoms with E-state index in [1.165, 1.54) is 22.2 Å². The number of nitriles is 1. The lowest BCUT2D eigenvalue weighted by atomic mass is 9.89. The molecule has 0 bridgehead atoms. The molecule has 1 aliphatic rings. The van der Waals surface area contributed by atoms with Crippen molar-refractivity contribution in [2.45, 2.75) is 70.3 Å². The summed E-state index contributed by atoms with van der Waals surface area (Å²) in [5.74, 6) is 1.20. The molecule has 25 heavy (non-hydrogen) atoms. The molecule has 0 unspecified atom stereocenters. The van der Waals surface area contributed by atoms with E-state index in [9.17, 15) is 4.79 Å². The van der Waals surface area contributed by atoms with Gasteiger partial charge in [0.15, 0.2) is 5.16 Å². The molecule has 0 aliphatic heterocycles. The van der Waals surface area contributed by atoms with E-state index in [1.807, 2.05) is 11.5 Å². The average molecular weight is 376 g/mol. The largest absolute Gasteiger partial charge is 0.287 e. The van der Waals surface area contributed by atoms with Gasteiger partial charge in [-0.15, -0.1) is 11.3 Å². The van der Waals surface area contributed by atoms with Gasteiger partial charge in [0.05, 0.1) is 16.7 Å². The molecule has 4 nitrogen and oxygen atoms in total. The maximum Gasteiger partial charge on any atom is 0.263 e. The highest BCUT2D eigenvalue weighted by atomic mass is 32.2. The second-order valence-electron chi connectivity index (χ2n) is 7.45. The highest BCUT2D eigenvalue weighted by Crippen LogP contribution is 2.36. The predicted octanol–water partition coefficient (Wildman–Crippen LogP) is 4.63. The lowest BCUT2D eigenvalue weighted by molar-refractivity contribution is 0.480. The number of aryl methyl sites for hydroxylation is 1. The topological polar surface area (TPSA) is 58.7 Å². The maximum absolute atomic E-state index is 13.3. The molecule has 0 saturated heterocycles. The molecule has 2 aromatic heterocycles. The molecule has 134 valence electrons. The molecule has 0 radical (unpaired) electrons. The molecule has 0 aromatic carbocycles. The van der Waals surface area contributed by atoms with Gasteiger partial charge < -0.3 is 0 Å². The molecule has 6 heteroatoms. The van der Waals surface area contributed by atoms with Crippen molar-refractivity contribution in [2.24, 2.45) is 11.8 Å². The summed E-state index contributed by atoms with van der Waals surface area (Å²) in [4.78, 5) is 20.3. The summed E-state index contributed by atoms with van der Waals surface area (Å²) in [5.41, 5.74) is 1.32. The Kier molecular flexibility index (Phi) is 5.55. The van der Waals surface area contributed by atoms with Crippen molar-refractivity contribution in [1.82, 2.24) is 9.55 Å². The van der Waals surface area contributed by atoms with Crippen LogP contribution in [0.1, 0.15) is 51.0 Å². The fourth-order valence-corrected chi connectivity index (χ4v) is 5.51. The van der Waals surface area contributed by atoms with Crippen LogP contribution in [0.15, 0.2) is 9.95 Å². The summed E-state index contributed by atoms with van der Waals surface area (Å²) < 4.78 is 1.81. The number of nitrogens with zero attached hydrogens (tertiary/aromatic N) is 3. The summed E-state index contributed by atoms with van der Waals surface area (Å²) in [6.45, 7) is 9.12. The SMILES string of the molecule is CC(C)CCn1c(S[C@H](C)C#N)nc2sc3c(c2c1=O)CC[C@@H](C)C3. The van der Waals surface area contributed by atoms with Crippen molar-refractivity contribution >= 4 is 33.3 Å². The summed E-state index contributed by atoms with van der Waals surface area (Å²) in [5, 5.41) is 10.5. The first kappa shape index (κ1) is 18.5. The van der Waals surface area contributed by atoms with Crippen LogP contribution in [0.4, 0.5) is 0 Å². The quantitative estimate of drug-likeness (QED) is 0.564. The maximum atomic E-state index is 13.3. The standard InChI is InChI=1S/C19H25N3OS2/c1-11(2)7-8-22-18(23)16-14-6-5-12(3)9-15(14)25-17(16)21-19(22)24-13(4)10-20/h11-13H,5-9H2,1-4H3/t12-,13-/m1/s1. The first-order chi connectivity index (χ1) is 11.9. The van der Waals surface area contributed by atoms with Crippen LogP contribution in [0.5, 0.6) is 0 Å². The smallest absolute Gasteiger partial charge is 0.263 e. The molecule has 2 heterocycles. The van der Waals surface area contributed by atoms with Crippen molar-refractivity contribution in [2.75, 3.05) is 0 Å². The Morgan fingerprint density at radius 2 is 2.20 bits per heavy atom. The monoisotopic (exact) mass is 375 g/mol. The third-order valence-electron chi connectivity index (χ3n) is 4.77. The number of thiophene rings is 1. The molecule has 3 rings (SSSR count). The summed E-state index contributed by atoms with van der Waals surface area (Å²) in [6.07, 6.45) is 4.12. The number of hydrogen-bond acceptors (Lipinski definition) is 5. The highest BCUT2D eigenvalue weighted by molar-refractivity contribution is 8.00. The van der Waals surface area contributed by atoms with Gasteiger partial charge in [-0.1, -0.05) is 32.5 Å². The van der Waals surface area contributed by atoms with Crippen molar-refractivity contribution in [1.29, 1.82) is 5.26 Å². The van der Waals surface area contributed by atoms with Gasteiger partial charge in [-0.3, -0.25) is 9.36 Å². The van der Waals surface area contributed by atoms with Crippen LogP contribution in [0.2, 0.25) is 0 Å². The Labute approximate surface area is 157 Å². The predicted molar refractivity (Wildman–Crippen MR) is 105 cm³/mol. The van der Waals surface area contributed by atoms with E-state index >= 15 is 0 Å². The normalized spacial score (nSPS) is 18.3. The van der Waals surface area contributed by atoms with Gasteiger partial charge in [0.2, 0.25) is 0 Å². The summed E-state index contributed by atoms with van der Waals surface area (Å²) >= 11 is 3.07. The Hall–Kier alpha value is -1.32. The van der Waals surface area contributed by atoms with Gasteiger partial charge in [0, 0.05) is 11.4 Å². The molecule has 0 N–H and O–H groups in total. The zero-order chi connectivity index (χ0) is 18.1. The molecule has 2 aromatic rings. The van der Waals surface area contributed by atoms with E-state index in [1.54, 1.807) is 11.3 Å². The van der Waals surface area contributed by atoms with E-state index in [2.05, 4.69) is 26.8 Å². The number of hydrogen-bond donors (Lipinski definition) is 0. The van der Waals surface area contributed by atoms with Gasteiger partial charge in [0.25, 0.3) is 5.56 Å². The number of fused-ring (bicyclic) bond motifs is 3. The molecular weight excluding hydrogens is 350 g/mol. The van der Waals surface area contributed by atoms with Crippen molar-refractivity contribution in [3.63, 3.8) is 0 Å². The fraction of sp³-hybridized carbons (Fsp3) is 0.632. The third kappa shape index (κ3) is 3.78. The molecule has 1 aliphatic carbocycles. The number of thioether (sulfide) groups is 1. The average Bonchev–Trinajstić information content (AvgIpc) is 2.91. The van der Waals surface area contributed by atoms with Gasteiger partial charge in [-0.05, 0) is 50.0 Å². The van der Waals surface area contributed by atoms with Crippen molar-refractivity contribution in [3.8, 4) is 6.07 Å². The van der Waals surface area contributed by atoms with Gasteiger partial charge in [-0.25, -0.2) is 4.98 Å². The van der Waals surface area contributed by atoms with E-state index in [-0.39, 0.29) is 10.8 Å². The van der Waals surface area contributed by atoms with Crippen LogP contribution < -0.4 is 5.56 Å². The molecule has 0 spiro atoms. The minimum absolute atomic E-state index is 0.0883. The van der Waals surface area contributed by atoms with Crippen molar-refractivity contribution in [3.05, 3.63) is 20.8 Å². The first-order valence-electron chi connectivity index (χ1n) is 9.02. The molecule has 0 saturated carbocycles. The minimum atomic E-state index is -0.218. The fourth-order valence-electron chi connectivity index (χ4n) is 3.26. The van der Waals surface area contributed by atoms with Gasteiger partial charge in [0.1, 0.15) is 4.83 Å². The Morgan fingerprint density at radius 3 is 2.88 bits per heavy atom. The Morgan fingerprint density at radius 1 is 1.44 bits per heavy atom. The van der Waals surface area contributed by atoms with Crippen LogP contribution in [0, 0.1) is 23.2 Å². The number of aromatic nitrogens is 2. The van der Waals surface area contributed by atoms with Crippen molar-refractivity contribution < 1.29 is 0 Å². The number of rotatable bonds is 5. The Balaban J connectivity index is 2.14.